The van der Waals surface area contributed by atoms with Crippen molar-refractivity contribution in [3.63, 3.8) is 0 Å². The molecule has 0 aliphatic carbocycles. The van der Waals surface area contributed by atoms with E-state index in [0.29, 0.717) is 6.54 Å². The van der Waals surface area contributed by atoms with E-state index < -0.39 is 17.4 Å². The molecule has 5 nitrogen and oxygen atoms in total. The predicted octanol–water partition coefficient (Wildman–Crippen LogP) is 2.46. The molecular formula is C14H26N2O3. The molecule has 0 bridgehead atoms. The van der Waals surface area contributed by atoms with Crippen molar-refractivity contribution in [1.29, 1.82) is 0 Å². The lowest BCUT2D eigenvalue weighted by Crippen LogP contribution is -2.54. The van der Waals surface area contributed by atoms with E-state index in [9.17, 15) is 14.7 Å². The summed E-state index contributed by atoms with van der Waals surface area (Å²) in [5.74, 6) is -0.983. The number of carbonyl (C=O) groups excluding carboxylic acids is 1. The number of amides is 2. The summed E-state index contributed by atoms with van der Waals surface area (Å²) >= 11 is 0. The van der Waals surface area contributed by atoms with Gasteiger partial charge >= 0.3 is 12.0 Å². The van der Waals surface area contributed by atoms with Crippen LogP contribution in [-0.4, -0.2) is 40.6 Å². The van der Waals surface area contributed by atoms with Crippen LogP contribution >= 0.6 is 0 Å². The number of nitrogens with zero attached hydrogens (tertiary/aromatic N) is 1. The second-order valence-electron chi connectivity index (χ2n) is 6.48. The first kappa shape index (κ1) is 15.8. The van der Waals surface area contributed by atoms with Crippen molar-refractivity contribution in [2.24, 2.45) is 5.41 Å². The number of nitrogens with one attached hydrogen (secondary N) is 1. The van der Waals surface area contributed by atoms with E-state index in [1.165, 1.54) is 0 Å². The fraction of sp³-hybridized carbons (Fsp3) is 0.857. The van der Waals surface area contributed by atoms with Gasteiger partial charge in [-0.3, -0.25) is 0 Å². The minimum absolute atomic E-state index is 0.178. The second kappa shape index (κ2) is 6.26. The molecule has 1 rings (SSSR count). The summed E-state index contributed by atoms with van der Waals surface area (Å²) in [6.07, 6.45) is 4.24. The van der Waals surface area contributed by atoms with Crippen molar-refractivity contribution in [2.45, 2.75) is 65.5 Å². The van der Waals surface area contributed by atoms with Gasteiger partial charge in [0.2, 0.25) is 0 Å². The van der Waals surface area contributed by atoms with Crippen LogP contribution < -0.4 is 5.32 Å². The van der Waals surface area contributed by atoms with Gasteiger partial charge in [-0.15, -0.1) is 0 Å². The molecule has 0 spiro atoms. The first-order chi connectivity index (χ1) is 8.73. The Labute approximate surface area is 115 Å². The molecule has 0 radical (unpaired) electrons. The van der Waals surface area contributed by atoms with Crippen molar-refractivity contribution < 1.29 is 14.7 Å². The van der Waals surface area contributed by atoms with Gasteiger partial charge in [-0.2, -0.15) is 0 Å². The number of urea groups is 1. The van der Waals surface area contributed by atoms with Gasteiger partial charge in [-0.1, -0.05) is 33.6 Å². The lowest BCUT2D eigenvalue weighted by Gasteiger charge is -2.33. The van der Waals surface area contributed by atoms with Crippen LogP contribution in [0.15, 0.2) is 0 Å². The molecule has 1 unspecified atom stereocenters. The van der Waals surface area contributed by atoms with Crippen LogP contribution in [0.25, 0.3) is 0 Å². The molecule has 0 aromatic rings. The number of carboxylic acids is 1. The van der Waals surface area contributed by atoms with Crippen LogP contribution in [0.4, 0.5) is 4.79 Å². The van der Waals surface area contributed by atoms with Crippen LogP contribution in [-0.2, 0) is 4.79 Å². The molecule has 2 atom stereocenters. The highest BCUT2D eigenvalue weighted by molar-refractivity contribution is 5.83. The summed E-state index contributed by atoms with van der Waals surface area (Å²) in [6, 6.07) is -0.941. The lowest BCUT2D eigenvalue weighted by molar-refractivity contribution is -0.142. The van der Waals surface area contributed by atoms with E-state index in [2.05, 4.69) is 5.32 Å². The molecule has 5 heteroatoms. The van der Waals surface area contributed by atoms with Gasteiger partial charge in [-0.25, -0.2) is 9.59 Å². The molecule has 1 saturated heterocycles. The minimum Gasteiger partial charge on any atom is -0.480 e. The van der Waals surface area contributed by atoms with Crippen molar-refractivity contribution >= 4 is 12.0 Å². The Morgan fingerprint density at radius 1 is 1.26 bits per heavy atom. The van der Waals surface area contributed by atoms with Crippen LogP contribution in [0.3, 0.4) is 0 Å². The first-order valence-corrected chi connectivity index (χ1v) is 7.03. The zero-order chi connectivity index (χ0) is 14.6. The summed E-state index contributed by atoms with van der Waals surface area (Å²) < 4.78 is 0. The third-order valence-electron chi connectivity index (χ3n) is 3.69. The largest absolute Gasteiger partial charge is 0.480 e. The number of hydrogen-bond acceptors (Lipinski definition) is 2. The highest BCUT2D eigenvalue weighted by Crippen LogP contribution is 2.21. The molecule has 110 valence electrons. The zero-order valence-corrected chi connectivity index (χ0v) is 12.4. The smallest absolute Gasteiger partial charge is 0.326 e. The van der Waals surface area contributed by atoms with Gasteiger partial charge in [0, 0.05) is 12.6 Å². The standard InChI is InChI=1S/C14H26N2O3/c1-10-8-6-5-7-9-16(10)13(19)15-11(12(17)18)14(2,3)4/h10-11H,5-9H2,1-4H3,(H,15,19)(H,17,18)/t10?,11-/m1/s1. The Morgan fingerprint density at radius 3 is 2.42 bits per heavy atom. The predicted molar refractivity (Wildman–Crippen MR) is 74.0 cm³/mol. The topological polar surface area (TPSA) is 69.6 Å². The second-order valence-corrected chi connectivity index (χ2v) is 6.48. The highest BCUT2D eigenvalue weighted by atomic mass is 16.4. The van der Waals surface area contributed by atoms with E-state index in [1.807, 2.05) is 27.7 Å². The maximum Gasteiger partial charge on any atom is 0.326 e. The van der Waals surface area contributed by atoms with Gasteiger partial charge < -0.3 is 15.3 Å². The number of carbonyl (C=O) groups is 2. The Morgan fingerprint density at radius 2 is 1.89 bits per heavy atom. The number of carboxylic acid groups (broad SMARTS) is 1. The lowest BCUT2D eigenvalue weighted by atomic mass is 9.87. The van der Waals surface area contributed by atoms with Gasteiger partial charge in [0.05, 0.1) is 0 Å². The normalized spacial score (nSPS) is 22.5. The molecule has 2 amide bonds. The third kappa shape index (κ3) is 4.40. The van der Waals surface area contributed by atoms with Crippen LogP contribution in [0.5, 0.6) is 0 Å². The zero-order valence-electron chi connectivity index (χ0n) is 12.4. The Bertz CT molecular complexity index is 336. The maximum absolute atomic E-state index is 12.3. The molecule has 0 aromatic heterocycles. The monoisotopic (exact) mass is 270 g/mol. The highest BCUT2D eigenvalue weighted by Gasteiger charge is 2.34. The molecule has 1 fully saturated rings. The summed E-state index contributed by atoms with van der Waals surface area (Å²) in [5, 5.41) is 11.9. The molecule has 2 N–H and O–H groups in total. The van der Waals surface area contributed by atoms with E-state index in [4.69, 9.17) is 0 Å². The molecule has 1 heterocycles. The molecule has 1 aliphatic heterocycles. The number of likely N-dealkylation sites (tertiary alicyclic amines) is 1. The average molecular weight is 270 g/mol. The summed E-state index contributed by atoms with van der Waals surface area (Å²) in [6.45, 7) is 8.19. The van der Waals surface area contributed by atoms with Gasteiger partial charge in [0.15, 0.2) is 0 Å². The van der Waals surface area contributed by atoms with Crippen molar-refractivity contribution in [2.75, 3.05) is 6.54 Å². The van der Waals surface area contributed by atoms with E-state index >= 15 is 0 Å². The molecule has 0 aromatic carbocycles. The average Bonchev–Trinajstić information content (AvgIpc) is 2.48. The SMILES string of the molecule is CC1CCCCCN1C(=O)N[C@H](C(=O)O)C(C)(C)C. The van der Waals surface area contributed by atoms with Gasteiger partial charge in [0.1, 0.15) is 6.04 Å². The Kier molecular flexibility index (Phi) is 5.20. The molecular weight excluding hydrogens is 244 g/mol. The maximum atomic E-state index is 12.3. The summed E-state index contributed by atoms with van der Waals surface area (Å²) in [7, 11) is 0. The van der Waals surface area contributed by atoms with Crippen molar-refractivity contribution in [3.8, 4) is 0 Å². The van der Waals surface area contributed by atoms with Crippen molar-refractivity contribution in [1.82, 2.24) is 10.2 Å². The van der Waals surface area contributed by atoms with Crippen molar-refractivity contribution in [3.05, 3.63) is 0 Å². The van der Waals surface area contributed by atoms with E-state index in [-0.39, 0.29) is 12.1 Å². The Hall–Kier alpha value is -1.26. The molecule has 1 aliphatic rings. The number of hydrogen-bond donors (Lipinski definition) is 2. The number of aliphatic carboxylic acids is 1. The fourth-order valence-corrected chi connectivity index (χ4v) is 2.43. The van der Waals surface area contributed by atoms with E-state index in [1.54, 1.807) is 4.90 Å². The summed E-state index contributed by atoms with van der Waals surface area (Å²) in [4.78, 5) is 25.3. The fourth-order valence-electron chi connectivity index (χ4n) is 2.43. The van der Waals surface area contributed by atoms with Gasteiger partial charge in [-0.05, 0) is 25.2 Å². The number of rotatable bonds is 2. The van der Waals surface area contributed by atoms with Crippen LogP contribution in [0.2, 0.25) is 0 Å². The quantitative estimate of drug-likeness (QED) is 0.809. The summed E-state index contributed by atoms with van der Waals surface area (Å²) in [5.41, 5.74) is -0.503. The molecule has 0 saturated carbocycles. The third-order valence-corrected chi connectivity index (χ3v) is 3.69. The van der Waals surface area contributed by atoms with Crippen LogP contribution in [0.1, 0.15) is 53.4 Å². The van der Waals surface area contributed by atoms with E-state index in [0.717, 1.165) is 25.7 Å². The Balaban J connectivity index is 2.73. The van der Waals surface area contributed by atoms with Gasteiger partial charge in [0.25, 0.3) is 0 Å². The minimum atomic E-state index is -0.983. The first-order valence-electron chi connectivity index (χ1n) is 7.03. The molecule has 19 heavy (non-hydrogen) atoms. The van der Waals surface area contributed by atoms with Crippen LogP contribution in [0, 0.1) is 5.41 Å².